The molecule has 0 radical (unpaired) electrons. The molecule has 1 atom stereocenters. The highest BCUT2D eigenvalue weighted by Gasteiger charge is 2.22. The first kappa shape index (κ1) is 15.7. The molecule has 1 aliphatic rings. The van der Waals surface area contributed by atoms with Crippen molar-refractivity contribution in [2.24, 2.45) is 5.92 Å². The van der Waals surface area contributed by atoms with Crippen molar-refractivity contribution in [2.45, 2.75) is 25.9 Å². The Bertz CT molecular complexity index is 498. The van der Waals surface area contributed by atoms with Crippen molar-refractivity contribution in [1.29, 1.82) is 0 Å². The van der Waals surface area contributed by atoms with Crippen LogP contribution in [0.3, 0.4) is 0 Å². The van der Waals surface area contributed by atoms with Crippen LogP contribution in [0.25, 0.3) is 0 Å². The highest BCUT2D eigenvalue weighted by Crippen LogP contribution is 2.31. The number of rotatable bonds is 5. The molecule has 1 N–H and O–H groups in total. The lowest BCUT2D eigenvalue weighted by atomic mass is 9.99. The molecule has 0 bridgehead atoms. The molecule has 0 amide bonds. The molecule has 0 aromatic heterocycles. The molecular weight excluding hydrogens is 272 g/mol. The maximum absolute atomic E-state index is 11.3. The first-order valence-corrected chi connectivity index (χ1v) is 7.24. The predicted octanol–water partition coefficient (Wildman–Crippen LogP) is 2.51. The molecule has 21 heavy (non-hydrogen) atoms. The number of hydrogen-bond donors (Lipinski definition) is 1. The van der Waals surface area contributed by atoms with Gasteiger partial charge in [0.25, 0.3) is 5.69 Å². The molecule has 1 aromatic rings. The Labute approximate surface area is 124 Å². The van der Waals surface area contributed by atoms with Gasteiger partial charge in [0, 0.05) is 32.9 Å². The molecule has 0 aliphatic carbocycles. The van der Waals surface area contributed by atoms with Crippen molar-refractivity contribution in [1.82, 2.24) is 0 Å². The zero-order valence-corrected chi connectivity index (χ0v) is 12.5. The van der Waals surface area contributed by atoms with Crippen LogP contribution in [0.15, 0.2) is 18.2 Å². The molecule has 1 heterocycles. The Morgan fingerprint density at radius 2 is 2.14 bits per heavy atom. The van der Waals surface area contributed by atoms with Crippen LogP contribution in [0.2, 0.25) is 0 Å². The first-order valence-electron chi connectivity index (χ1n) is 7.24. The maximum Gasteiger partial charge on any atom is 0.292 e. The summed E-state index contributed by atoms with van der Waals surface area (Å²) >= 11 is 0. The van der Waals surface area contributed by atoms with Crippen molar-refractivity contribution in [2.75, 3.05) is 31.7 Å². The summed E-state index contributed by atoms with van der Waals surface area (Å²) in [6.45, 7) is 3.91. The third kappa shape index (κ3) is 3.92. The summed E-state index contributed by atoms with van der Waals surface area (Å²) in [6, 6.07) is 4.92. The molecule has 6 heteroatoms. The lowest BCUT2D eigenvalue weighted by Crippen LogP contribution is -2.30. The summed E-state index contributed by atoms with van der Waals surface area (Å²) in [5.74, 6) is 0.500. The third-order valence-corrected chi connectivity index (χ3v) is 3.96. The lowest BCUT2D eigenvalue weighted by molar-refractivity contribution is -0.384. The largest absolute Gasteiger partial charge is 0.389 e. The highest BCUT2D eigenvalue weighted by molar-refractivity contribution is 5.64. The Kier molecular flexibility index (Phi) is 5.14. The zero-order chi connectivity index (χ0) is 15.4. The number of benzene rings is 1. The number of hydrogen-bond acceptors (Lipinski definition) is 5. The summed E-state index contributed by atoms with van der Waals surface area (Å²) in [5.41, 5.74) is 1.20. The van der Waals surface area contributed by atoms with E-state index >= 15 is 0 Å². The maximum atomic E-state index is 11.3. The van der Waals surface area contributed by atoms with E-state index in [4.69, 9.17) is 4.74 Å². The van der Waals surface area contributed by atoms with Gasteiger partial charge in [0.2, 0.25) is 0 Å². The van der Waals surface area contributed by atoms with Crippen LogP contribution in [0.4, 0.5) is 11.4 Å². The van der Waals surface area contributed by atoms with E-state index in [-0.39, 0.29) is 10.6 Å². The number of nitro groups is 1. The number of ether oxygens (including phenoxy) is 1. The van der Waals surface area contributed by atoms with Crippen molar-refractivity contribution in [3.8, 4) is 0 Å². The summed E-state index contributed by atoms with van der Waals surface area (Å²) < 4.78 is 5.34. The number of nitrogens with zero attached hydrogens (tertiary/aromatic N) is 2. The third-order valence-electron chi connectivity index (χ3n) is 3.96. The zero-order valence-electron chi connectivity index (χ0n) is 12.5. The highest BCUT2D eigenvalue weighted by atomic mass is 16.6. The van der Waals surface area contributed by atoms with E-state index in [2.05, 4.69) is 0 Å². The molecule has 0 unspecified atom stereocenters. The summed E-state index contributed by atoms with van der Waals surface area (Å²) in [5, 5.41) is 20.8. The van der Waals surface area contributed by atoms with E-state index in [1.165, 1.54) is 6.07 Å². The Morgan fingerprint density at radius 1 is 1.48 bits per heavy atom. The van der Waals surface area contributed by atoms with E-state index in [1.807, 2.05) is 11.9 Å². The Hall–Kier alpha value is -1.66. The van der Waals surface area contributed by atoms with Gasteiger partial charge >= 0.3 is 0 Å². The second-order valence-electron chi connectivity index (χ2n) is 5.62. The van der Waals surface area contributed by atoms with Crippen LogP contribution >= 0.6 is 0 Å². The van der Waals surface area contributed by atoms with Gasteiger partial charge in [0.05, 0.1) is 11.0 Å². The van der Waals surface area contributed by atoms with Crippen molar-refractivity contribution >= 4 is 11.4 Å². The van der Waals surface area contributed by atoms with E-state index in [1.54, 1.807) is 19.1 Å². The molecule has 1 fully saturated rings. The van der Waals surface area contributed by atoms with Gasteiger partial charge in [-0.3, -0.25) is 10.1 Å². The van der Waals surface area contributed by atoms with E-state index in [0.717, 1.165) is 32.6 Å². The van der Waals surface area contributed by atoms with E-state index in [9.17, 15) is 15.2 Å². The molecule has 1 saturated heterocycles. The molecule has 116 valence electrons. The molecule has 1 aromatic carbocycles. The monoisotopic (exact) mass is 294 g/mol. The van der Waals surface area contributed by atoms with Crippen LogP contribution in [0.5, 0.6) is 0 Å². The Morgan fingerprint density at radius 3 is 2.71 bits per heavy atom. The summed E-state index contributed by atoms with van der Waals surface area (Å²) in [7, 11) is 1.87. The normalized spacial score (nSPS) is 17.5. The van der Waals surface area contributed by atoms with Gasteiger partial charge in [-0.15, -0.1) is 0 Å². The topological polar surface area (TPSA) is 75.8 Å². The second-order valence-corrected chi connectivity index (χ2v) is 5.62. The van der Waals surface area contributed by atoms with Gasteiger partial charge in [0.15, 0.2) is 0 Å². The predicted molar refractivity (Wildman–Crippen MR) is 80.5 cm³/mol. The Balaban J connectivity index is 2.18. The minimum Gasteiger partial charge on any atom is -0.389 e. The van der Waals surface area contributed by atoms with Gasteiger partial charge in [-0.1, -0.05) is 6.07 Å². The number of anilines is 1. The SMILES string of the molecule is C[C@@H](O)c1ccc(N(C)CC2CCOCC2)c([N+](=O)[O-])c1. The summed E-state index contributed by atoms with van der Waals surface area (Å²) in [6.07, 6.45) is 1.27. The molecular formula is C15H22N2O4. The van der Waals surface area contributed by atoms with Crippen LogP contribution in [0.1, 0.15) is 31.4 Å². The van der Waals surface area contributed by atoms with Gasteiger partial charge in [0.1, 0.15) is 5.69 Å². The quantitative estimate of drug-likeness (QED) is 0.667. The number of aliphatic hydroxyl groups is 1. The smallest absolute Gasteiger partial charge is 0.292 e. The molecule has 1 aliphatic heterocycles. The average Bonchev–Trinajstić information content (AvgIpc) is 2.47. The number of nitro benzene ring substituents is 1. The van der Waals surface area contributed by atoms with Crippen LogP contribution in [0, 0.1) is 16.0 Å². The van der Waals surface area contributed by atoms with Crippen molar-refractivity contribution < 1.29 is 14.8 Å². The molecule has 0 spiro atoms. The van der Waals surface area contributed by atoms with Crippen LogP contribution in [-0.4, -0.2) is 36.8 Å². The first-order chi connectivity index (χ1) is 9.99. The van der Waals surface area contributed by atoms with E-state index < -0.39 is 6.10 Å². The van der Waals surface area contributed by atoms with Crippen molar-refractivity contribution in [3.05, 3.63) is 33.9 Å². The number of aliphatic hydroxyl groups excluding tert-OH is 1. The fourth-order valence-corrected chi connectivity index (χ4v) is 2.68. The standard InChI is InChI=1S/C15H22N2O4/c1-11(18)13-3-4-14(15(9-13)17(19)20)16(2)10-12-5-7-21-8-6-12/h3-4,9,11-12,18H,5-8,10H2,1-2H3/t11-/m1/s1. The van der Waals surface area contributed by atoms with E-state index in [0.29, 0.717) is 17.2 Å². The average molecular weight is 294 g/mol. The minimum atomic E-state index is -0.710. The van der Waals surface area contributed by atoms with Crippen molar-refractivity contribution in [3.63, 3.8) is 0 Å². The fraction of sp³-hybridized carbons (Fsp3) is 0.600. The second kappa shape index (κ2) is 6.87. The van der Waals surface area contributed by atoms with Gasteiger partial charge in [-0.25, -0.2) is 0 Å². The molecule has 0 saturated carbocycles. The lowest BCUT2D eigenvalue weighted by Gasteiger charge is -2.28. The molecule has 6 nitrogen and oxygen atoms in total. The fourth-order valence-electron chi connectivity index (χ4n) is 2.68. The summed E-state index contributed by atoms with van der Waals surface area (Å²) in [4.78, 5) is 12.8. The minimum absolute atomic E-state index is 0.0444. The molecule has 2 rings (SSSR count). The van der Waals surface area contributed by atoms with Crippen LogP contribution < -0.4 is 4.90 Å². The van der Waals surface area contributed by atoms with Crippen LogP contribution in [-0.2, 0) is 4.74 Å². The van der Waals surface area contributed by atoms with Gasteiger partial charge in [-0.2, -0.15) is 0 Å². The van der Waals surface area contributed by atoms with Gasteiger partial charge < -0.3 is 14.7 Å². The van der Waals surface area contributed by atoms with Gasteiger partial charge in [-0.05, 0) is 37.3 Å².